The number of aryl methyl sites for hydroxylation is 2. The quantitative estimate of drug-likeness (QED) is 0.749. The van der Waals surface area contributed by atoms with E-state index in [9.17, 15) is 0 Å². The first-order valence-electron chi connectivity index (χ1n) is 4.97. The average Bonchev–Trinajstić information content (AvgIpc) is 2.32. The minimum absolute atomic E-state index is 0.874. The van der Waals surface area contributed by atoms with Gasteiger partial charge < -0.3 is 0 Å². The largest absolute Gasteiger partial charge is 0.241 e. The second kappa shape index (κ2) is 5.14. The molecule has 0 atom stereocenters. The lowest BCUT2D eigenvalue weighted by molar-refractivity contribution is 0.737. The van der Waals surface area contributed by atoms with Crippen LogP contribution in [0.5, 0.6) is 0 Å². The number of nitrogens with zero attached hydrogens (tertiary/aromatic N) is 4. The molecule has 0 spiro atoms. The monoisotopic (exact) mass is 200 g/mol. The highest BCUT2D eigenvalue weighted by Crippen LogP contribution is 1.99. The third kappa shape index (κ3) is 3.09. The van der Waals surface area contributed by atoms with Crippen molar-refractivity contribution in [3.8, 4) is 0 Å². The standard InChI is InChI=1S/C11H12N4/c1(4-10-12-6-2-7-13-10)5-11-14-8-3-9-15-11/h2-3,6-9H,1,4-5H2. The van der Waals surface area contributed by atoms with Crippen LogP contribution >= 0.6 is 0 Å². The Morgan fingerprint density at radius 3 is 1.47 bits per heavy atom. The summed E-state index contributed by atoms with van der Waals surface area (Å²) < 4.78 is 0. The van der Waals surface area contributed by atoms with Crippen molar-refractivity contribution in [2.45, 2.75) is 19.3 Å². The summed E-state index contributed by atoms with van der Waals surface area (Å²) in [6, 6.07) is 3.65. The Kier molecular flexibility index (Phi) is 3.33. The van der Waals surface area contributed by atoms with Gasteiger partial charge in [0, 0.05) is 37.6 Å². The molecule has 2 rings (SSSR count). The molecular weight excluding hydrogens is 188 g/mol. The SMILES string of the molecule is c1cnc(CCCc2ncccn2)nc1. The first-order chi connectivity index (χ1) is 7.45. The Labute approximate surface area is 88.5 Å². The zero-order chi connectivity index (χ0) is 10.3. The molecule has 0 aliphatic carbocycles. The third-order valence-electron chi connectivity index (χ3n) is 2.04. The Bertz CT molecular complexity index is 348. The van der Waals surface area contributed by atoms with Crippen molar-refractivity contribution in [3.05, 3.63) is 48.6 Å². The van der Waals surface area contributed by atoms with Crippen LogP contribution in [0.25, 0.3) is 0 Å². The predicted molar refractivity (Wildman–Crippen MR) is 56.1 cm³/mol. The molecule has 0 radical (unpaired) electrons. The molecule has 2 heterocycles. The highest BCUT2D eigenvalue weighted by Gasteiger charge is 1.97. The van der Waals surface area contributed by atoms with E-state index in [2.05, 4.69) is 19.9 Å². The summed E-state index contributed by atoms with van der Waals surface area (Å²) in [5.41, 5.74) is 0. The predicted octanol–water partition coefficient (Wildman–Crippen LogP) is 1.44. The van der Waals surface area contributed by atoms with Gasteiger partial charge in [-0.25, -0.2) is 19.9 Å². The van der Waals surface area contributed by atoms with E-state index in [1.54, 1.807) is 24.8 Å². The van der Waals surface area contributed by atoms with Crippen molar-refractivity contribution in [2.24, 2.45) is 0 Å². The minimum atomic E-state index is 0.874. The van der Waals surface area contributed by atoms with E-state index in [1.165, 1.54) is 0 Å². The number of hydrogen-bond donors (Lipinski definition) is 0. The molecule has 0 N–H and O–H groups in total. The van der Waals surface area contributed by atoms with E-state index in [1.807, 2.05) is 12.1 Å². The molecule has 15 heavy (non-hydrogen) atoms. The first-order valence-corrected chi connectivity index (χ1v) is 4.97. The van der Waals surface area contributed by atoms with E-state index in [0.29, 0.717) is 0 Å². The van der Waals surface area contributed by atoms with Crippen LogP contribution in [-0.4, -0.2) is 19.9 Å². The van der Waals surface area contributed by atoms with Crippen LogP contribution in [0, 0.1) is 0 Å². The van der Waals surface area contributed by atoms with Gasteiger partial charge in [0.15, 0.2) is 0 Å². The lowest BCUT2D eigenvalue weighted by Crippen LogP contribution is -1.98. The van der Waals surface area contributed by atoms with Crippen molar-refractivity contribution < 1.29 is 0 Å². The zero-order valence-electron chi connectivity index (χ0n) is 8.37. The van der Waals surface area contributed by atoms with Gasteiger partial charge in [0.25, 0.3) is 0 Å². The molecule has 0 bridgehead atoms. The highest BCUT2D eigenvalue weighted by atomic mass is 14.9. The second-order valence-corrected chi connectivity index (χ2v) is 3.18. The Morgan fingerprint density at radius 1 is 0.667 bits per heavy atom. The number of hydrogen-bond acceptors (Lipinski definition) is 4. The first kappa shape index (κ1) is 9.71. The van der Waals surface area contributed by atoms with Crippen molar-refractivity contribution in [1.82, 2.24) is 19.9 Å². The Balaban J connectivity index is 1.81. The molecule has 0 saturated heterocycles. The third-order valence-corrected chi connectivity index (χ3v) is 2.04. The van der Waals surface area contributed by atoms with Gasteiger partial charge in [0.2, 0.25) is 0 Å². The van der Waals surface area contributed by atoms with Gasteiger partial charge in [-0.2, -0.15) is 0 Å². The van der Waals surface area contributed by atoms with Gasteiger partial charge in [0.05, 0.1) is 0 Å². The molecule has 0 amide bonds. The lowest BCUT2D eigenvalue weighted by atomic mass is 10.2. The van der Waals surface area contributed by atoms with Crippen LogP contribution in [0.4, 0.5) is 0 Å². The lowest BCUT2D eigenvalue weighted by Gasteiger charge is -1.98. The van der Waals surface area contributed by atoms with Crippen LogP contribution in [0.2, 0.25) is 0 Å². The molecular formula is C11H12N4. The van der Waals surface area contributed by atoms with E-state index >= 15 is 0 Å². The van der Waals surface area contributed by atoms with Crippen molar-refractivity contribution >= 4 is 0 Å². The summed E-state index contributed by atoms with van der Waals surface area (Å²) in [6.45, 7) is 0. The summed E-state index contributed by atoms with van der Waals surface area (Å²) in [4.78, 5) is 16.6. The van der Waals surface area contributed by atoms with Gasteiger partial charge in [-0.15, -0.1) is 0 Å². The average molecular weight is 200 g/mol. The molecule has 2 aromatic rings. The van der Waals surface area contributed by atoms with Crippen LogP contribution in [0.15, 0.2) is 36.9 Å². The number of rotatable bonds is 4. The smallest absolute Gasteiger partial charge is 0.128 e. The molecule has 4 heteroatoms. The fourth-order valence-corrected chi connectivity index (χ4v) is 1.32. The zero-order valence-corrected chi connectivity index (χ0v) is 8.37. The molecule has 0 fully saturated rings. The summed E-state index contributed by atoms with van der Waals surface area (Å²) in [5, 5.41) is 0. The van der Waals surface area contributed by atoms with Gasteiger partial charge in [-0.05, 0) is 18.6 Å². The maximum atomic E-state index is 4.16. The fraction of sp³-hybridized carbons (Fsp3) is 0.273. The molecule has 0 unspecified atom stereocenters. The van der Waals surface area contributed by atoms with Crippen LogP contribution in [0.3, 0.4) is 0 Å². The summed E-state index contributed by atoms with van der Waals surface area (Å²) >= 11 is 0. The molecule has 0 saturated carbocycles. The minimum Gasteiger partial charge on any atom is -0.241 e. The van der Waals surface area contributed by atoms with Crippen molar-refractivity contribution in [2.75, 3.05) is 0 Å². The highest BCUT2D eigenvalue weighted by molar-refractivity contribution is 4.92. The topological polar surface area (TPSA) is 51.6 Å². The summed E-state index contributed by atoms with van der Waals surface area (Å²) in [7, 11) is 0. The normalized spacial score (nSPS) is 10.1. The maximum Gasteiger partial charge on any atom is 0.128 e. The Morgan fingerprint density at radius 2 is 1.07 bits per heavy atom. The summed E-state index contributed by atoms with van der Waals surface area (Å²) in [5.74, 6) is 1.77. The van der Waals surface area contributed by atoms with E-state index in [4.69, 9.17) is 0 Å². The van der Waals surface area contributed by atoms with Gasteiger partial charge >= 0.3 is 0 Å². The van der Waals surface area contributed by atoms with Gasteiger partial charge in [0.1, 0.15) is 11.6 Å². The van der Waals surface area contributed by atoms with Crippen LogP contribution in [-0.2, 0) is 12.8 Å². The fourth-order valence-electron chi connectivity index (χ4n) is 1.32. The van der Waals surface area contributed by atoms with E-state index < -0.39 is 0 Å². The molecule has 0 aromatic carbocycles. The van der Waals surface area contributed by atoms with Gasteiger partial charge in [-0.1, -0.05) is 0 Å². The molecule has 4 nitrogen and oxygen atoms in total. The molecule has 0 aliphatic heterocycles. The van der Waals surface area contributed by atoms with Crippen molar-refractivity contribution in [1.29, 1.82) is 0 Å². The Hall–Kier alpha value is -1.84. The van der Waals surface area contributed by atoms with Crippen LogP contribution < -0.4 is 0 Å². The number of aromatic nitrogens is 4. The molecule has 76 valence electrons. The molecule has 2 aromatic heterocycles. The molecule has 0 aliphatic rings. The van der Waals surface area contributed by atoms with Crippen LogP contribution in [0.1, 0.15) is 18.1 Å². The summed E-state index contributed by atoms with van der Waals surface area (Å²) in [6.07, 6.45) is 9.79. The van der Waals surface area contributed by atoms with Gasteiger partial charge in [-0.3, -0.25) is 0 Å². The van der Waals surface area contributed by atoms with E-state index in [0.717, 1.165) is 30.9 Å². The van der Waals surface area contributed by atoms with E-state index in [-0.39, 0.29) is 0 Å². The second-order valence-electron chi connectivity index (χ2n) is 3.18. The maximum absolute atomic E-state index is 4.16. The van der Waals surface area contributed by atoms with Crippen molar-refractivity contribution in [3.63, 3.8) is 0 Å².